The van der Waals surface area contributed by atoms with Gasteiger partial charge in [-0.2, -0.15) is 4.98 Å². The first-order valence-corrected chi connectivity index (χ1v) is 9.57. The number of halogens is 1. The number of amides is 1. The van der Waals surface area contributed by atoms with Gasteiger partial charge >= 0.3 is 6.09 Å². The highest BCUT2D eigenvalue weighted by atomic mass is 35.5. The zero-order chi connectivity index (χ0) is 17.4. The second-order valence-electron chi connectivity index (χ2n) is 7.33. The number of hydrogen-bond acceptors (Lipinski definition) is 6. The summed E-state index contributed by atoms with van der Waals surface area (Å²) >= 11 is 7.81. The number of hydrogen-bond donors (Lipinski definition) is 2. The number of carbonyl (C=O) groups is 1. The van der Waals surface area contributed by atoms with Crippen molar-refractivity contribution < 1.29 is 9.53 Å². The number of fused-ring (bicyclic) bond motifs is 1. The molecule has 0 saturated heterocycles. The van der Waals surface area contributed by atoms with Gasteiger partial charge < -0.3 is 15.4 Å². The molecule has 3 rings (SSSR count). The lowest BCUT2D eigenvalue weighted by molar-refractivity contribution is 0.0506. The fourth-order valence-corrected chi connectivity index (χ4v) is 4.11. The molecular formula is C16H23ClN4O2S. The van der Waals surface area contributed by atoms with E-state index in [0.29, 0.717) is 6.54 Å². The molecule has 1 aromatic heterocycles. The Hall–Kier alpha value is -1.21. The van der Waals surface area contributed by atoms with Crippen LogP contribution in [0.4, 0.5) is 10.6 Å². The van der Waals surface area contributed by atoms with Crippen molar-refractivity contribution in [3.8, 4) is 0 Å². The Kier molecular flexibility index (Phi) is 4.84. The molecule has 1 aliphatic carbocycles. The van der Waals surface area contributed by atoms with Gasteiger partial charge in [-0.15, -0.1) is 11.8 Å². The third-order valence-corrected chi connectivity index (χ3v) is 5.45. The van der Waals surface area contributed by atoms with Crippen molar-refractivity contribution in [2.45, 2.75) is 62.5 Å². The molecule has 0 atom stereocenters. The van der Waals surface area contributed by atoms with Crippen molar-refractivity contribution in [1.29, 1.82) is 0 Å². The first-order valence-electron chi connectivity index (χ1n) is 8.21. The lowest BCUT2D eigenvalue weighted by Gasteiger charge is -2.43. The first kappa shape index (κ1) is 17.6. The van der Waals surface area contributed by atoms with Crippen LogP contribution in [0.2, 0.25) is 5.28 Å². The van der Waals surface area contributed by atoms with Gasteiger partial charge in [0.25, 0.3) is 0 Å². The minimum atomic E-state index is -0.498. The van der Waals surface area contributed by atoms with Crippen LogP contribution in [0.5, 0.6) is 0 Å². The molecule has 1 aliphatic heterocycles. The predicted molar refractivity (Wildman–Crippen MR) is 95.9 cm³/mol. The minimum Gasteiger partial charge on any atom is -0.444 e. The summed E-state index contributed by atoms with van der Waals surface area (Å²) in [6, 6.07) is 0. The van der Waals surface area contributed by atoms with Crippen LogP contribution >= 0.6 is 23.4 Å². The average molecular weight is 371 g/mol. The van der Waals surface area contributed by atoms with Crippen LogP contribution in [-0.2, 0) is 11.2 Å². The van der Waals surface area contributed by atoms with E-state index >= 15 is 0 Å². The largest absolute Gasteiger partial charge is 0.444 e. The van der Waals surface area contributed by atoms with Crippen molar-refractivity contribution in [2.75, 3.05) is 17.6 Å². The van der Waals surface area contributed by atoms with Crippen LogP contribution in [0.1, 0.15) is 45.7 Å². The van der Waals surface area contributed by atoms with Gasteiger partial charge in [-0.05, 0) is 51.6 Å². The van der Waals surface area contributed by atoms with Crippen LogP contribution in [-0.4, -0.2) is 39.5 Å². The fourth-order valence-electron chi connectivity index (χ4n) is 2.88. The molecule has 0 bridgehead atoms. The van der Waals surface area contributed by atoms with Gasteiger partial charge in [0.1, 0.15) is 11.4 Å². The number of anilines is 1. The Morgan fingerprint density at radius 3 is 2.75 bits per heavy atom. The molecular weight excluding hydrogens is 348 g/mol. The second-order valence-corrected chi connectivity index (χ2v) is 8.77. The standard InChI is InChI=1S/C16H23ClN4O2S/c1-15(2,3)23-14(22)18-9-16(6-4-7-16)21-12-11-10(5-8-24-11)19-13(17)20-12/h4-9H2,1-3H3,(H,18,22)(H,19,20,21). The highest BCUT2D eigenvalue weighted by Crippen LogP contribution is 2.41. The highest BCUT2D eigenvalue weighted by molar-refractivity contribution is 7.99. The lowest BCUT2D eigenvalue weighted by Crippen LogP contribution is -2.54. The number of aryl methyl sites for hydroxylation is 1. The third-order valence-electron chi connectivity index (χ3n) is 4.16. The van der Waals surface area contributed by atoms with Gasteiger partial charge in [0.2, 0.25) is 5.28 Å². The number of aromatic nitrogens is 2. The number of rotatable bonds is 4. The number of carbonyl (C=O) groups excluding carboxylic acids is 1. The number of ether oxygens (including phenoxy) is 1. The summed E-state index contributed by atoms with van der Waals surface area (Å²) in [6.07, 6.45) is 3.60. The smallest absolute Gasteiger partial charge is 0.407 e. The predicted octanol–water partition coefficient (Wildman–Crippen LogP) is 3.64. The van der Waals surface area contributed by atoms with Gasteiger partial charge in [-0.25, -0.2) is 9.78 Å². The molecule has 1 aromatic rings. The molecule has 1 saturated carbocycles. The van der Waals surface area contributed by atoms with E-state index in [-0.39, 0.29) is 10.8 Å². The summed E-state index contributed by atoms with van der Waals surface area (Å²) in [6.45, 7) is 6.07. The summed E-state index contributed by atoms with van der Waals surface area (Å²) in [5.74, 6) is 1.79. The minimum absolute atomic E-state index is 0.189. The number of nitrogens with zero attached hydrogens (tertiary/aromatic N) is 2. The van der Waals surface area contributed by atoms with Gasteiger partial charge in [0.05, 0.1) is 16.1 Å². The van der Waals surface area contributed by atoms with Crippen molar-refractivity contribution in [3.63, 3.8) is 0 Å². The molecule has 1 amide bonds. The van der Waals surface area contributed by atoms with Crippen molar-refractivity contribution >= 4 is 35.3 Å². The van der Waals surface area contributed by atoms with Gasteiger partial charge in [0, 0.05) is 18.7 Å². The molecule has 6 nitrogen and oxygen atoms in total. The van der Waals surface area contributed by atoms with E-state index in [1.165, 1.54) is 0 Å². The molecule has 0 spiro atoms. The van der Waals surface area contributed by atoms with E-state index in [2.05, 4.69) is 20.6 Å². The molecule has 8 heteroatoms. The van der Waals surface area contributed by atoms with E-state index in [1.807, 2.05) is 20.8 Å². The summed E-state index contributed by atoms with van der Waals surface area (Å²) < 4.78 is 5.32. The van der Waals surface area contributed by atoms with Crippen LogP contribution in [0, 0.1) is 0 Å². The van der Waals surface area contributed by atoms with Crippen molar-refractivity contribution in [2.24, 2.45) is 0 Å². The molecule has 2 N–H and O–H groups in total. The van der Waals surface area contributed by atoms with E-state index in [1.54, 1.807) is 11.8 Å². The summed E-state index contributed by atoms with van der Waals surface area (Å²) in [4.78, 5) is 21.7. The van der Waals surface area contributed by atoms with Crippen LogP contribution in [0.15, 0.2) is 4.90 Å². The SMILES string of the molecule is CC(C)(C)OC(=O)NCC1(Nc2nc(Cl)nc3c2SCC3)CCC1. The summed E-state index contributed by atoms with van der Waals surface area (Å²) in [5, 5.41) is 6.67. The zero-order valence-corrected chi connectivity index (χ0v) is 15.8. The number of thioether (sulfide) groups is 1. The van der Waals surface area contributed by atoms with Crippen LogP contribution < -0.4 is 10.6 Å². The van der Waals surface area contributed by atoms with Crippen LogP contribution in [0.25, 0.3) is 0 Å². The molecule has 2 heterocycles. The summed E-state index contributed by atoms with van der Waals surface area (Å²) in [7, 11) is 0. The third kappa shape index (κ3) is 4.06. The molecule has 0 aromatic carbocycles. The Morgan fingerprint density at radius 1 is 1.38 bits per heavy atom. The Labute approximate surface area is 151 Å². The highest BCUT2D eigenvalue weighted by Gasteiger charge is 2.39. The average Bonchev–Trinajstić information content (AvgIpc) is 2.87. The lowest BCUT2D eigenvalue weighted by atomic mass is 9.76. The maximum Gasteiger partial charge on any atom is 0.407 e. The molecule has 1 fully saturated rings. The zero-order valence-electron chi connectivity index (χ0n) is 14.2. The fraction of sp³-hybridized carbons (Fsp3) is 0.688. The number of alkyl carbamates (subject to hydrolysis) is 1. The monoisotopic (exact) mass is 370 g/mol. The Balaban J connectivity index is 1.68. The van der Waals surface area contributed by atoms with E-state index < -0.39 is 11.7 Å². The van der Waals surface area contributed by atoms with Gasteiger partial charge in [-0.1, -0.05) is 0 Å². The number of nitrogens with one attached hydrogen (secondary N) is 2. The molecule has 132 valence electrons. The van der Waals surface area contributed by atoms with E-state index in [9.17, 15) is 4.79 Å². The van der Waals surface area contributed by atoms with E-state index in [0.717, 1.165) is 47.8 Å². The van der Waals surface area contributed by atoms with Crippen molar-refractivity contribution in [3.05, 3.63) is 11.0 Å². The topological polar surface area (TPSA) is 76.1 Å². The summed E-state index contributed by atoms with van der Waals surface area (Å²) in [5.41, 5.74) is 0.324. The quantitative estimate of drug-likeness (QED) is 0.788. The molecule has 0 unspecified atom stereocenters. The molecule has 2 aliphatic rings. The first-order chi connectivity index (χ1) is 11.3. The molecule has 0 radical (unpaired) electrons. The molecule has 24 heavy (non-hydrogen) atoms. The maximum absolute atomic E-state index is 11.9. The van der Waals surface area contributed by atoms with Crippen molar-refractivity contribution in [1.82, 2.24) is 15.3 Å². The second kappa shape index (κ2) is 6.59. The van der Waals surface area contributed by atoms with Crippen LogP contribution in [0.3, 0.4) is 0 Å². The maximum atomic E-state index is 11.9. The normalized spacial score (nSPS) is 18.5. The van der Waals surface area contributed by atoms with Gasteiger partial charge in [0.15, 0.2) is 0 Å². The van der Waals surface area contributed by atoms with E-state index in [4.69, 9.17) is 16.3 Å². The van der Waals surface area contributed by atoms with Gasteiger partial charge in [-0.3, -0.25) is 0 Å². The Bertz CT molecular complexity index is 644. The Morgan fingerprint density at radius 2 is 2.12 bits per heavy atom.